The lowest BCUT2D eigenvalue weighted by atomic mass is 10.0. The maximum absolute atomic E-state index is 13.8. The van der Waals surface area contributed by atoms with E-state index >= 15 is 0 Å². The van der Waals surface area contributed by atoms with Gasteiger partial charge < -0.3 is 5.32 Å². The van der Waals surface area contributed by atoms with Crippen molar-refractivity contribution in [3.63, 3.8) is 0 Å². The predicted molar refractivity (Wildman–Crippen MR) is 94.5 cm³/mol. The molecule has 22 heavy (non-hydrogen) atoms. The topological polar surface area (TPSA) is 24.4 Å². The van der Waals surface area contributed by atoms with Gasteiger partial charge in [0.2, 0.25) is 0 Å². The van der Waals surface area contributed by atoms with E-state index in [0.717, 1.165) is 29.0 Å². The molecule has 0 bridgehead atoms. The molecule has 0 aliphatic rings. The molecule has 1 aromatic carbocycles. The van der Waals surface area contributed by atoms with Crippen LogP contribution in [0.2, 0.25) is 0 Å². The molecule has 0 aromatic heterocycles. The zero-order valence-electron chi connectivity index (χ0n) is 14.8. The van der Waals surface area contributed by atoms with Crippen LogP contribution < -0.4 is 5.32 Å². The average Bonchev–Trinajstić information content (AvgIpc) is 2.46. The summed E-state index contributed by atoms with van der Waals surface area (Å²) in [7, 11) is 1.90. The van der Waals surface area contributed by atoms with E-state index in [-0.39, 0.29) is 5.82 Å². The van der Waals surface area contributed by atoms with Crippen LogP contribution in [0.3, 0.4) is 0 Å². The van der Waals surface area contributed by atoms with Crippen LogP contribution in [-0.2, 0) is 0 Å². The predicted octanol–water partition coefficient (Wildman–Crippen LogP) is 5.38. The number of rotatable bonds is 5. The highest BCUT2D eigenvalue weighted by atomic mass is 19.1. The van der Waals surface area contributed by atoms with Crippen molar-refractivity contribution in [3.05, 3.63) is 52.0 Å². The summed E-state index contributed by atoms with van der Waals surface area (Å²) in [5.74, 6) is -0.210. The molecule has 0 spiro atoms. The van der Waals surface area contributed by atoms with Gasteiger partial charge in [-0.1, -0.05) is 24.6 Å². The van der Waals surface area contributed by atoms with E-state index < -0.39 is 0 Å². The molecular formula is C19H27FN2. The second kappa shape index (κ2) is 7.92. The molecule has 0 fully saturated rings. The summed E-state index contributed by atoms with van der Waals surface area (Å²) in [6.45, 7) is 12.0. The van der Waals surface area contributed by atoms with Gasteiger partial charge in [0.05, 0.1) is 5.69 Å². The molecule has 0 unspecified atom stereocenters. The summed E-state index contributed by atoms with van der Waals surface area (Å²) < 4.78 is 13.8. The smallest absolute Gasteiger partial charge is 0.128 e. The number of aliphatic imine (C=N–C) groups is 1. The highest BCUT2D eigenvalue weighted by molar-refractivity contribution is 6.04. The monoisotopic (exact) mass is 302 g/mol. The normalized spacial score (nSPS) is 12.8. The number of allylic oxidation sites excluding steroid dienone is 4. The second-order valence-electron chi connectivity index (χ2n) is 5.81. The first-order valence-corrected chi connectivity index (χ1v) is 7.68. The van der Waals surface area contributed by atoms with Gasteiger partial charge in [0.15, 0.2) is 0 Å². The third-order valence-electron chi connectivity index (χ3n) is 3.59. The molecule has 1 N–H and O–H groups in total. The fourth-order valence-corrected chi connectivity index (χ4v) is 2.24. The first-order chi connectivity index (χ1) is 10.3. The van der Waals surface area contributed by atoms with E-state index in [2.05, 4.69) is 32.2 Å². The summed E-state index contributed by atoms with van der Waals surface area (Å²) in [4.78, 5) is 4.74. The Morgan fingerprint density at radius 3 is 2.32 bits per heavy atom. The molecular weight excluding hydrogens is 275 g/mol. The second-order valence-corrected chi connectivity index (χ2v) is 5.81. The van der Waals surface area contributed by atoms with Gasteiger partial charge >= 0.3 is 0 Å². The van der Waals surface area contributed by atoms with Gasteiger partial charge in [-0.25, -0.2) is 4.39 Å². The molecule has 1 rings (SSSR count). The number of hydrogen-bond acceptors (Lipinski definition) is 2. The molecule has 0 saturated heterocycles. The van der Waals surface area contributed by atoms with E-state index in [1.165, 1.54) is 11.6 Å². The van der Waals surface area contributed by atoms with Crippen molar-refractivity contribution in [2.75, 3.05) is 7.05 Å². The first-order valence-electron chi connectivity index (χ1n) is 7.68. The molecule has 3 heteroatoms. The van der Waals surface area contributed by atoms with E-state index in [0.29, 0.717) is 11.3 Å². The molecule has 0 heterocycles. The van der Waals surface area contributed by atoms with E-state index in [1.807, 2.05) is 27.0 Å². The minimum atomic E-state index is -0.210. The van der Waals surface area contributed by atoms with Gasteiger partial charge in [-0.15, -0.1) is 0 Å². The van der Waals surface area contributed by atoms with Crippen molar-refractivity contribution in [2.24, 2.45) is 4.99 Å². The summed E-state index contributed by atoms with van der Waals surface area (Å²) in [5, 5.41) is 3.19. The third-order valence-corrected chi connectivity index (χ3v) is 3.59. The van der Waals surface area contributed by atoms with Gasteiger partial charge in [-0.3, -0.25) is 4.99 Å². The molecule has 1 aromatic rings. The van der Waals surface area contributed by atoms with Gasteiger partial charge in [-0.2, -0.15) is 0 Å². The van der Waals surface area contributed by atoms with Gasteiger partial charge in [-0.05, 0) is 52.2 Å². The molecule has 0 atom stereocenters. The molecule has 0 aliphatic carbocycles. The first kappa shape index (κ1) is 18.1. The Morgan fingerprint density at radius 1 is 1.18 bits per heavy atom. The highest BCUT2D eigenvalue weighted by Gasteiger charge is 2.09. The van der Waals surface area contributed by atoms with Crippen LogP contribution in [0.25, 0.3) is 0 Å². The van der Waals surface area contributed by atoms with Crippen LogP contribution in [-0.4, -0.2) is 12.8 Å². The zero-order valence-corrected chi connectivity index (χ0v) is 14.8. The van der Waals surface area contributed by atoms with Crippen LogP contribution in [0.15, 0.2) is 40.0 Å². The Bertz CT molecular complexity index is 633. The maximum Gasteiger partial charge on any atom is 0.128 e. The number of nitrogens with one attached hydrogen (secondary N) is 1. The van der Waals surface area contributed by atoms with E-state index in [4.69, 9.17) is 4.99 Å². The lowest BCUT2D eigenvalue weighted by molar-refractivity contribution is 0.618. The van der Waals surface area contributed by atoms with Gasteiger partial charge in [0.25, 0.3) is 0 Å². The highest BCUT2D eigenvalue weighted by Crippen LogP contribution is 2.25. The summed E-state index contributed by atoms with van der Waals surface area (Å²) in [5.41, 5.74) is 6.64. The number of benzene rings is 1. The quantitative estimate of drug-likeness (QED) is 0.572. The lowest BCUT2D eigenvalue weighted by Crippen LogP contribution is -2.11. The summed E-state index contributed by atoms with van der Waals surface area (Å²) in [6, 6.07) is 3.37. The fraction of sp³-hybridized carbons (Fsp3) is 0.421. The Hall–Kier alpha value is -1.90. The maximum atomic E-state index is 13.8. The Labute approximate surface area is 133 Å². The van der Waals surface area contributed by atoms with Crippen LogP contribution in [0, 0.1) is 19.7 Å². The standard InChI is InChI=1S/C19H27FN2/c1-8-18(16(9-12(2)3)15(6)21-7)22-19-11-17(20)13(4)10-14(19)5/h9-11,21H,8H2,1-7H3/b16-15+,22-18?. The number of aryl methyl sites for hydroxylation is 2. The van der Waals surface area contributed by atoms with Crippen molar-refractivity contribution < 1.29 is 4.39 Å². The van der Waals surface area contributed by atoms with Gasteiger partial charge in [0, 0.05) is 30.1 Å². The molecule has 2 nitrogen and oxygen atoms in total. The van der Waals surface area contributed by atoms with Crippen molar-refractivity contribution in [2.45, 2.75) is 48.0 Å². The largest absolute Gasteiger partial charge is 0.391 e. The van der Waals surface area contributed by atoms with E-state index in [1.54, 1.807) is 6.92 Å². The minimum Gasteiger partial charge on any atom is -0.391 e. The number of nitrogens with zero attached hydrogens (tertiary/aromatic N) is 1. The van der Waals surface area contributed by atoms with E-state index in [9.17, 15) is 4.39 Å². The molecule has 0 amide bonds. The Kier molecular flexibility index (Phi) is 6.54. The molecule has 0 saturated carbocycles. The summed E-state index contributed by atoms with van der Waals surface area (Å²) >= 11 is 0. The van der Waals surface area contributed by atoms with Crippen LogP contribution in [0.1, 0.15) is 45.2 Å². The summed E-state index contributed by atoms with van der Waals surface area (Å²) in [6.07, 6.45) is 2.90. The van der Waals surface area contributed by atoms with Crippen LogP contribution in [0.4, 0.5) is 10.1 Å². The van der Waals surface area contributed by atoms with Crippen LogP contribution >= 0.6 is 0 Å². The molecule has 0 radical (unpaired) electrons. The minimum absolute atomic E-state index is 0.210. The Morgan fingerprint density at radius 2 is 1.82 bits per heavy atom. The van der Waals surface area contributed by atoms with Crippen molar-refractivity contribution in [1.82, 2.24) is 5.32 Å². The van der Waals surface area contributed by atoms with Crippen molar-refractivity contribution >= 4 is 11.4 Å². The van der Waals surface area contributed by atoms with Crippen LogP contribution in [0.5, 0.6) is 0 Å². The molecule has 120 valence electrons. The zero-order chi connectivity index (χ0) is 16.9. The SMILES string of the molecule is CCC(=Nc1cc(F)c(C)cc1C)/C(C=C(C)C)=C(\C)NC. The third kappa shape index (κ3) is 4.55. The average molecular weight is 302 g/mol. The van der Waals surface area contributed by atoms with Crippen molar-refractivity contribution in [3.8, 4) is 0 Å². The van der Waals surface area contributed by atoms with Gasteiger partial charge in [0.1, 0.15) is 5.82 Å². The lowest BCUT2D eigenvalue weighted by Gasteiger charge is -2.13. The van der Waals surface area contributed by atoms with Crippen molar-refractivity contribution in [1.29, 1.82) is 0 Å². The molecule has 0 aliphatic heterocycles. The number of hydrogen-bond donors (Lipinski definition) is 1. The number of halogens is 1. The Balaban J connectivity index is 3.47. The fourth-order valence-electron chi connectivity index (χ4n) is 2.24.